The number of morpholine rings is 1. The molecule has 130 valence electrons. The third-order valence-electron chi connectivity index (χ3n) is 4.16. The predicted molar refractivity (Wildman–Crippen MR) is 99.4 cm³/mol. The zero-order valence-corrected chi connectivity index (χ0v) is 14.4. The molecule has 4 nitrogen and oxygen atoms in total. The van der Waals surface area contributed by atoms with Gasteiger partial charge in [0.2, 0.25) is 0 Å². The fourth-order valence-electron chi connectivity index (χ4n) is 2.65. The molecule has 1 saturated heterocycles. The average Bonchev–Trinajstić information content (AvgIpc) is 2.68. The molecule has 4 heteroatoms. The fourth-order valence-corrected chi connectivity index (χ4v) is 2.65. The highest BCUT2D eigenvalue weighted by Gasteiger charge is 2.09. The minimum Gasteiger partial charge on any atom is -0.492 e. The van der Waals surface area contributed by atoms with E-state index in [1.807, 2.05) is 54.6 Å². The number of hydrogen-bond donors (Lipinski definition) is 1. The molecule has 1 heterocycles. The lowest BCUT2D eigenvalue weighted by Crippen LogP contribution is -2.38. The smallest absolute Gasteiger partial charge is 0.119 e. The van der Waals surface area contributed by atoms with Gasteiger partial charge < -0.3 is 15.2 Å². The Morgan fingerprint density at radius 3 is 2.48 bits per heavy atom. The number of rotatable bonds is 5. The van der Waals surface area contributed by atoms with Gasteiger partial charge in [-0.15, -0.1) is 0 Å². The van der Waals surface area contributed by atoms with Gasteiger partial charge in [-0.3, -0.25) is 4.90 Å². The van der Waals surface area contributed by atoms with Crippen molar-refractivity contribution in [3.8, 4) is 17.6 Å². The summed E-state index contributed by atoms with van der Waals surface area (Å²) in [6.45, 7) is 5.20. The van der Waals surface area contributed by atoms with Gasteiger partial charge in [0.1, 0.15) is 12.4 Å². The van der Waals surface area contributed by atoms with Crippen molar-refractivity contribution in [3.63, 3.8) is 0 Å². The fraction of sp³-hybridized carbons (Fsp3) is 0.333. The molecule has 1 aliphatic heterocycles. The summed E-state index contributed by atoms with van der Waals surface area (Å²) in [6.07, 6.45) is 0. The number of hydrogen-bond acceptors (Lipinski definition) is 4. The van der Waals surface area contributed by atoms with E-state index >= 15 is 0 Å². The van der Waals surface area contributed by atoms with Crippen LogP contribution in [0.5, 0.6) is 5.75 Å². The van der Waals surface area contributed by atoms with E-state index in [1.165, 1.54) is 0 Å². The SMILES string of the molecule is NC(C#Cc1ccccc1)c1ccc(OCCN2CCOCC2)cc1. The second-order valence-electron chi connectivity index (χ2n) is 5.98. The standard InChI is InChI=1S/C21H24N2O2/c22-21(11-6-18-4-2-1-3-5-18)19-7-9-20(10-8-19)25-17-14-23-12-15-24-16-13-23/h1-5,7-10,21H,12-17,22H2. The quantitative estimate of drug-likeness (QED) is 0.852. The zero-order valence-electron chi connectivity index (χ0n) is 14.4. The van der Waals surface area contributed by atoms with Crippen molar-refractivity contribution in [2.45, 2.75) is 6.04 Å². The average molecular weight is 336 g/mol. The van der Waals surface area contributed by atoms with Gasteiger partial charge in [0.25, 0.3) is 0 Å². The lowest BCUT2D eigenvalue weighted by molar-refractivity contribution is 0.0322. The van der Waals surface area contributed by atoms with E-state index in [4.69, 9.17) is 15.2 Å². The van der Waals surface area contributed by atoms with Crippen molar-refractivity contribution in [2.75, 3.05) is 39.5 Å². The summed E-state index contributed by atoms with van der Waals surface area (Å²) in [7, 11) is 0. The van der Waals surface area contributed by atoms with E-state index in [2.05, 4.69) is 16.7 Å². The molecular weight excluding hydrogens is 312 g/mol. The number of nitrogens with two attached hydrogens (primary N) is 1. The van der Waals surface area contributed by atoms with Crippen LogP contribution in [0, 0.1) is 11.8 Å². The Labute approximate surface area is 149 Å². The molecule has 0 aliphatic carbocycles. The minimum absolute atomic E-state index is 0.303. The first-order valence-electron chi connectivity index (χ1n) is 8.66. The van der Waals surface area contributed by atoms with Crippen LogP contribution in [-0.2, 0) is 4.74 Å². The van der Waals surface area contributed by atoms with Crippen LogP contribution >= 0.6 is 0 Å². The van der Waals surface area contributed by atoms with Crippen molar-refractivity contribution in [1.82, 2.24) is 4.90 Å². The molecule has 25 heavy (non-hydrogen) atoms. The summed E-state index contributed by atoms with van der Waals surface area (Å²) in [5.74, 6) is 7.06. The third-order valence-corrected chi connectivity index (χ3v) is 4.16. The lowest BCUT2D eigenvalue weighted by Gasteiger charge is -2.26. The maximum atomic E-state index is 6.16. The van der Waals surface area contributed by atoms with Gasteiger partial charge in [-0.2, -0.15) is 0 Å². The molecular formula is C21H24N2O2. The Kier molecular flexibility index (Phi) is 6.47. The van der Waals surface area contributed by atoms with Gasteiger partial charge in [0.05, 0.1) is 19.3 Å². The van der Waals surface area contributed by atoms with E-state index < -0.39 is 0 Å². The molecule has 0 saturated carbocycles. The van der Waals surface area contributed by atoms with Crippen molar-refractivity contribution >= 4 is 0 Å². The summed E-state index contributed by atoms with van der Waals surface area (Å²) in [6, 6.07) is 17.4. The van der Waals surface area contributed by atoms with Crippen LogP contribution < -0.4 is 10.5 Å². The topological polar surface area (TPSA) is 47.7 Å². The summed E-state index contributed by atoms with van der Waals surface area (Å²) in [5.41, 5.74) is 8.12. The van der Waals surface area contributed by atoms with Crippen LogP contribution in [0.4, 0.5) is 0 Å². The molecule has 2 aromatic rings. The second kappa shape index (κ2) is 9.24. The highest BCUT2D eigenvalue weighted by Crippen LogP contribution is 2.16. The Balaban J connectivity index is 1.48. The summed E-state index contributed by atoms with van der Waals surface area (Å²) < 4.78 is 11.2. The second-order valence-corrected chi connectivity index (χ2v) is 5.98. The van der Waals surface area contributed by atoms with E-state index in [-0.39, 0.29) is 6.04 Å². The van der Waals surface area contributed by atoms with E-state index in [0.717, 1.165) is 49.7 Å². The van der Waals surface area contributed by atoms with Crippen molar-refractivity contribution in [1.29, 1.82) is 0 Å². The number of ether oxygens (including phenoxy) is 2. The maximum absolute atomic E-state index is 6.16. The molecule has 3 rings (SSSR count). The summed E-state index contributed by atoms with van der Waals surface area (Å²) in [5, 5.41) is 0. The highest BCUT2D eigenvalue weighted by atomic mass is 16.5. The maximum Gasteiger partial charge on any atom is 0.119 e. The zero-order chi connectivity index (χ0) is 17.3. The Morgan fingerprint density at radius 2 is 1.76 bits per heavy atom. The molecule has 1 fully saturated rings. The first-order valence-corrected chi connectivity index (χ1v) is 8.66. The molecule has 0 spiro atoms. The largest absolute Gasteiger partial charge is 0.492 e. The number of benzene rings is 2. The van der Waals surface area contributed by atoms with Gasteiger partial charge in [0.15, 0.2) is 0 Å². The Hall–Kier alpha value is -2.32. The van der Waals surface area contributed by atoms with Gasteiger partial charge in [0, 0.05) is 25.2 Å². The van der Waals surface area contributed by atoms with E-state index in [1.54, 1.807) is 0 Å². The van der Waals surface area contributed by atoms with Crippen LogP contribution in [0.25, 0.3) is 0 Å². The van der Waals surface area contributed by atoms with Gasteiger partial charge in [-0.1, -0.05) is 42.2 Å². The van der Waals surface area contributed by atoms with Gasteiger partial charge in [-0.05, 0) is 29.8 Å². The first-order chi connectivity index (χ1) is 12.3. The molecule has 1 atom stereocenters. The lowest BCUT2D eigenvalue weighted by atomic mass is 10.1. The van der Waals surface area contributed by atoms with Gasteiger partial charge >= 0.3 is 0 Å². The molecule has 0 bridgehead atoms. The highest BCUT2D eigenvalue weighted by molar-refractivity contribution is 5.38. The van der Waals surface area contributed by atoms with E-state index in [9.17, 15) is 0 Å². The summed E-state index contributed by atoms with van der Waals surface area (Å²) in [4.78, 5) is 2.35. The number of nitrogens with zero attached hydrogens (tertiary/aromatic N) is 1. The summed E-state index contributed by atoms with van der Waals surface area (Å²) >= 11 is 0. The monoisotopic (exact) mass is 336 g/mol. The normalized spacial score (nSPS) is 15.9. The molecule has 0 radical (unpaired) electrons. The van der Waals surface area contributed by atoms with Gasteiger partial charge in [-0.25, -0.2) is 0 Å². The first kappa shape index (κ1) is 17.5. The van der Waals surface area contributed by atoms with Crippen molar-refractivity contribution in [2.24, 2.45) is 5.73 Å². The third kappa shape index (κ3) is 5.61. The molecule has 2 aromatic carbocycles. The van der Waals surface area contributed by atoms with Crippen LogP contribution in [-0.4, -0.2) is 44.4 Å². The van der Waals surface area contributed by atoms with Crippen molar-refractivity contribution in [3.05, 3.63) is 65.7 Å². The van der Waals surface area contributed by atoms with Crippen LogP contribution in [0.2, 0.25) is 0 Å². The van der Waals surface area contributed by atoms with Crippen molar-refractivity contribution < 1.29 is 9.47 Å². The Morgan fingerprint density at radius 1 is 1.04 bits per heavy atom. The minimum atomic E-state index is -0.303. The van der Waals surface area contributed by atoms with E-state index in [0.29, 0.717) is 6.61 Å². The predicted octanol–water partition coefficient (Wildman–Crippen LogP) is 2.45. The molecule has 0 amide bonds. The molecule has 1 aliphatic rings. The molecule has 1 unspecified atom stereocenters. The van der Waals surface area contributed by atoms with Crippen LogP contribution in [0.15, 0.2) is 54.6 Å². The van der Waals surface area contributed by atoms with Crippen LogP contribution in [0.1, 0.15) is 17.2 Å². The van der Waals surface area contributed by atoms with Crippen LogP contribution in [0.3, 0.4) is 0 Å². The Bertz CT molecular complexity index is 698. The molecule has 2 N–H and O–H groups in total. The molecule has 0 aromatic heterocycles.